The number of nitrogens with two attached hydrogens (primary N) is 1. The lowest BCUT2D eigenvalue weighted by Crippen LogP contribution is -2.03. The molecule has 3 heteroatoms. The van der Waals surface area contributed by atoms with E-state index in [1.54, 1.807) is 11.3 Å². The highest BCUT2D eigenvalue weighted by atomic mass is 32.1. The normalized spacial score (nSPS) is 10.7. The Labute approximate surface area is 107 Å². The molecule has 0 aliphatic carbocycles. The molecular weight excluding hydrogens is 228 g/mol. The van der Waals surface area contributed by atoms with Gasteiger partial charge in [-0.05, 0) is 25.5 Å². The maximum atomic E-state index is 5.51. The van der Waals surface area contributed by atoms with Gasteiger partial charge in [-0.25, -0.2) is 4.98 Å². The van der Waals surface area contributed by atoms with Crippen molar-refractivity contribution in [3.63, 3.8) is 0 Å². The van der Waals surface area contributed by atoms with Gasteiger partial charge in [0.2, 0.25) is 0 Å². The number of thiazole rings is 1. The van der Waals surface area contributed by atoms with E-state index in [9.17, 15) is 0 Å². The zero-order chi connectivity index (χ0) is 12.1. The molecule has 0 aliphatic heterocycles. The highest BCUT2D eigenvalue weighted by Crippen LogP contribution is 2.13. The molecule has 17 heavy (non-hydrogen) atoms. The van der Waals surface area contributed by atoms with Crippen molar-refractivity contribution in [3.05, 3.63) is 51.5 Å². The van der Waals surface area contributed by atoms with E-state index < -0.39 is 0 Å². The van der Waals surface area contributed by atoms with Gasteiger partial charge < -0.3 is 5.73 Å². The Morgan fingerprint density at radius 2 is 1.88 bits per heavy atom. The molecule has 0 spiro atoms. The first kappa shape index (κ1) is 12.3. The van der Waals surface area contributed by atoms with Gasteiger partial charge in [-0.2, -0.15) is 0 Å². The lowest BCUT2D eigenvalue weighted by Gasteiger charge is -1.99. The van der Waals surface area contributed by atoms with Gasteiger partial charge in [-0.3, -0.25) is 0 Å². The molecule has 0 unspecified atom stereocenters. The van der Waals surface area contributed by atoms with Crippen LogP contribution in [-0.4, -0.2) is 11.5 Å². The molecule has 0 bridgehead atoms. The van der Waals surface area contributed by atoms with Crippen LogP contribution in [0.25, 0.3) is 0 Å². The van der Waals surface area contributed by atoms with E-state index in [-0.39, 0.29) is 0 Å². The Balaban J connectivity index is 1.90. The number of aryl methyl sites for hydroxylation is 3. The monoisotopic (exact) mass is 246 g/mol. The maximum absolute atomic E-state index is 5.51. The van der Waals surface area contributed by atoms with Gasteiger partial charge in [-0.15, -0.1) is 11.3 Å². The van der Waals surface area contributed by atoms with Crippen LogP contribution in [0.5, 0.6) is 0 Å². The first-order valence-electron chi connectivity index (χ1n) is 5.97. The molecule has 1 heterocycles. The minimum atomic E-state index is 0.682. The smallest absolute Gasteiger partial charge is 0.0931 e. The number of hydrogen-bond acceptors (Lipinski definition) is 3. The average molecular weight is 246 g/mol. The molecule has 0 radical (unpaired) electrons. The number of aromatic nitrogens is 1. The summed E-state index contributed by atoms with van der Waals surface area (Å²) >= 11 is 1.75. The Hall–Kier alpha value is -1.19. The summed E-state index contributed by atoms with van der Waals surface area (Å²) in [4.78, 5) is 4.57. The van der Waals surface area contributed by atoms with Crippen molar-refractivity contribution in [2.45, 2.75) is 26.2 Å². The summed E-state index contributed by atoms with van der Waals surface area (Å²) in [7, 11) is 0. The van der Waals surface area contributed by atoms with Crippen LogP contribution in [-0.2, 0) is 19.3 Å². The quantitative estimate of drug-likeness (QED) is 0.881. The molecule has 2 aromatic rings. The molecule has 0 saturated carbocycles. The molecule has 0 aliphatic rings. The molecule has 2 nitrogen and oxygen atoms in total. The molecular formula is C14H18N2S. The molecule has 0 amide bonds. The Morgan fingerprint density at radius 3 is 2.59 bits per heavy atom. The first-order chi connectivity index (χ1) is 8.28. The van der Waals surface area contributed by atoms with Crippen LogP contribution >= 0.6 is 11.3 Å². The zero-order valence-electron chi connectivity index (χ0n) is 10.1. The molecule has 0 atom stereocenters. The van der Waals surface area contributed by atoms with Gasteiger partial charge >= 0.3 is 0 Å². The summed E-state index contributed by atoms with van der Waals surface area (Å²) in [5.41, 5.74) is 9.34. The molecule has 0 saturated heterocycles. The van der Waals surface area contributed by atoms with Crippen molar-refractivity contribution in [3.8, 4) is 0 Å². The van der Waals surface area contributed by atoms with E-state index in [4.69, 9.17) is 5.73 Å². The SMILES string of the molecule is Cc1ccc(CCc2nc(CCN)cs2)cc1. The average Bonchev–Trinajstić information content (AvgIpc) is 2.77. The van der Waals surface area contributed by atoms with E-state index in [0.717, 1.165) is 25.0 Å². The summed E-state index contributed by atoms with van der Waals surface area (Å²) in [6.45, 7) is 2.80. The van der Waals surface area contributed by atoms with Crippen LogP contribution in [0.4, 0.5) is 0 Å². The van der Waals surface area contributed by atoms with Crippen LogP contribution in [0.3, 0.4) is 0 Å². The number of nitrogens with zero attached hydrogens (tertiary/aromatic N) is 1. The van der Waals surface area contributed by atoms with Crippen molar-refractivity contribution >= 4 is 11.3 Å². The van der Waals surface area contributed by atoms with Gasteiger partial charge in [0.05, 0.1) is 10.7 Å². The van der Waals surface area contributed by atoms with E-state index in [1.807, 2.05) is 0 Å². The Kier molecular flexibility index (Phi) is 4.29. The fourth-order valence-corrected chi connectivity index (χ4v) is 2.56. The molecule has 90 valence electrons. The van der Waals surface area contributed by atoms with E-state index in [1.165, 1.54) is 16.1 Å². The third-order valence-electron chi connectivity index (χ3n) is 2.75. The van der Waals surface area contributed by atoms with Gasteiger partial charge in [0, 0.05) is 18.2 Å². The predicted octanol–water partition coefficient (Wildman–Crippen LogP) is 2.74. The third-order valence-corrected chi connectivity index (χ3v) is 3.71. The van der Waals surface area contributed by atoms with Crippen molar-refractivity contribution in [1.82, 2.24) is 4.98 Å². The highest BCUT2D eigenvalue weighted by molar-refractivity contribution is 7.09. The van der Waals surface area contributed by atoms with Gasteiger partial charge in [-0.1, -0.05) is 29.8 Å². The van der Waals surface area contributed by atoms with Gasteiger partial charge in [0.1, 0.15) is 0 Å². The lowest BCUT2D eigenvalue weighted by atomic mass is 10.1. The van der Waals surface area contributed by atoms with Crippen LogP contribution in [0.2, 0.25) is 0 Å². The molecule has 2 N–H and O–H groups in total. The Bertz CT molecular complexity index is 459. The highest BCUT2D eigenvalue weighted by Gasteiger charge is 2.02. The fraction of sp³-hybridized carbons (Fsp3) is 0.357. The molecule has 0 fully saturated rings. The van der Waals surface area contributed by atoms with Gasteiger partial charge in [0.25, 0.3) is 0 Å². The summed E-state index contributed by atoms with van der Waals surface area (Å²) in [6.07, 6.45) is 2.98. The van der Waals surface area contributed by atoms with Crippen LogP contribution < -0.4 is 5.73 Å². The largest absolute Gasteiger partial charge is 0.330 e. The van der Waals surface area contributed by atoms with E-state index in [0.29, 0.717) is 6.54 Å². The summed E-state index contributed by atoms with van der Waals surface area (Å²) in [6, 6.07) is 8.72. The van der Waals surface area contributed by atoms with Crippen molar-refractivity contribution in [2.24, 2.45) is 5.73 Å². The standard InChI is InChI=1S/C14H18N2S/c1-11-2-4-12(5-3-11)6-7-14-16-13(8-9-15)10-17-14/h2-5,10H,6-9,15H2,1H3. The summed E-state index contributed by atoms with van der Waals surface area (Å²) in [5.74, 6) is 0. The first-order valence-corrected chi connectivity index (χ1v) is 6.85. The number of rotatable bonds is 5. The lowest BCUT2D eigenvalue weighted by molar-refractivity contribution is 0.892. The molecule has 1 aromatic heterocycles. The van der Waals surface area contributed by atoms with E-state index in [2.05, 4.69) is 41.6 Å². The molecule has 1 aromatic carbocycles. The van der Waals surface area contributed by atoms with Crippen molar-refractivity contribution in [2.75, 3.05) is 6.54 Å². The van der Waals surface area contributed by atoms with Crippen LogP contribution in [0.15, 0.2) is 29.6 Å². The van der Waals surface area contributed by atoms with Crippen LogP contribution in [0, 0.1) is 6.92 Å². The number of hydrogen-bond donors (Lipinski definition) is 1. The van der Waals surface area contributed by atoms with Crippen molar-refractivity contribution < 1.29 is 0 Å². The van der Waals surface area contributed by atoms with Gasteiger partial charge in [0.15, 0.2) is 0 Å². The van der Waals surface area contributed by atoms with Crippen LogP contribution in [0.1, 0.15) is 21.8 Å². The predicted molar refractivity (Wildman–Crippen MR) is 73.5 cm³/mol. The second-order valence-electron chi connectivity index (χ2n) is 4.26. The second-order valence-corrected chi connectivity index (χ2v) is 5.20. The topological polar surface area (TPSA) is 38.9 Å². The fourth-order valence-electron chi connectivity index (χ4n) is 1.73. The zero-order valence-corrected chi connectivity index (χ0v) is 11.0. The minimum absolute atomic E-state index is 0.682. The summed E-state index contributed by atoms with van der Waals surface area (Å²) < 4.78 is 0. The Morgan fingerprint density at radius 1 is 1.12 bits per heavy atom. The second kappa shape index (κ2) is 5.94. The van der Waals surface area contributed by atoms with E-state index >= 15 is 0 Å². The van der Waals surface area contributed by atoms with Crippen molar-refractivity contribution in [1.29, 1.82) is 0 Å². The number of benzene rings is 1. The summed E-state index contributed by atoms with van der Waals surface area (Å²) in [5, 5.41) is 3.34. The third kappa shape index (κ3) is 3.65. The minimum Gasteiger partial charge on any atom is -0.330 e. The maximum Gasteiger partial charge on any atom is 0.0931 e. The molecule has 2 rings (SSSR count).